The number of nitrogens with zero attached hydrogens (tertiary/aromatic N) is 1. The molecule has 5 rings (SSSR count). The van der Waals surface area contributed by atoms with Crippen LogP contribution in [0.4, 0.5) is 17.1 Å². The van der Waals surface area contributed by atoms with Crippen LogP contribution in [0.15, 0.2) is 72.8 Å². The summed E-state index contributed by atoms with van der Waals surface area (Å²) < 4.78 is 27.4. The van der Waals surface area contributed by atoms with Gasteiger partial charge in [0.05, 0.1) is 17.0 Å². The van der Waals surface area contributed by atoms with Crippen molar-refractivity contribution in [3.63, 3.8) is 0 Å². The van der Waals surface area contributed by atoms with Crippen LogP contribution in [0.2, 0.25) is 0 Å². The second kappa shape index (κ2) is 11.6. The van der Waals surface area contributed by atoms with Crippen LogP contribution in [-0.4, -0.2) is 38.1 Å². The molecule has 0 aliphatic carbocycles. The number of rotatable bonds is 9. The number of anilines is 3. The lowest BCUT2D eigenvalue weighted by molar-refractivity contribution is -0.110. The second-order valence-corrected chi connectivity index (χ2v) is 12.4. The number of piperidine rings is 1. The molecule has 3 aromatic rings. The molecule has 7 nitrogen and oxygen atoms in total. The highest BCUT2D eigenvalue weighted by Gasteiger charge is 2.29. The van der Waals surface area contributed by atoms with Gasteiger partial charge in [-0.05, 0) is 79.7 Å². The highest BCUT2D eigenvalue weighted by Crippen LogP contribution is 2.39. The molecule has 1 fully saturated rings. The molecule has 2 aliphatic heterocycles. The zero-order valence-electron chi connectivity index (χ0n) is 22.5. The molecule has 204 valence electrons. The first-order valence-electron chi connectivity index (χ1n) is 13.7. The van der Waals surface area contributed by atoms with Crippen LogP contribution in [0.3, 0.4) is 0 Å². The van der Waals surface area contributed by atoms with Crippen LogP contribution >= 0.6 is 0 Å². The monoisotopic (exact) mass is 544 g/mol. The number of hydrogen-bond donors (Lipinski definition) is 3. The van der Waals surface area contributed by atoms with Crippen molar-refractivity contribution in [2.45, 2.75) is 39.7 Å². The van der Waals surface area contributed by atoms with Gasteiger partial charge in [0.1, 0.15) is 0 Å². The summed E-state index contributed by atoms with van der Waals surface area (Å²) in [6.07, 6.45) is 3.02. The van der Waals surface area contributed by atoms with E-state index in [9.17, 15) is 13.2 Å². The van der Waals surface area contributed by atoms with Gasteiger partial charge < -0.3 is 10.6 Å². The van der Waals surface area contributed by atoms with Crippen LogP contribution < -0.4 is 15.4 Å². The molecule has 8 heteroatoms. The lowest BCUT2D eigenvalue weighted by Crippen LogP contribution is -2.32. The molecule has 0 aromatic heterocycles. The zero-order valence-corrected chi connectivity index (χ0v) is 23.4. The summed E-state index contributed by atoms with van der Waals surface area (Å²) in [4.78, 5) is 15.8. The highest BCUT2D eigenvalue weighted by molar-refractivity contribution is 7.92. The van der Waals surface area contributed by atoms with Gasteiger partial charge in [-0.25, -0.2) is 8.42 Å². The first-order chi connectivity index (χ1) is 18.8. The molecule has 0 saturated carbocycles. The Balaban J connectivity index is 1.46. The predicted octanol–water partition coefficient (Wildman–Crippen LogP) is 6.00. The summed E-state index contributed by atoms with van der Waals surface area (Å²) in [6, 6.07) is 23.2. The second-order valence-electron chi connectivity index (χ2n) is 10.5. The Morgan fingerprint density at radius 1 is 0.974 bits per heavy atom. The fourth-order valence-electron chi connectivity index (χ4n) is 5.18. The summed E-state index contributed by atoms with van der Waals surface area (Å²) >= 11 is 0. The molecule has 39 heavy (non-hydrogen) atoms. The van der Waals surface area contributed by atoms with E-state index in [0.29, 0.717) is 34.6 Å². The van der Waals surface area contributed by atoms with Gasteiger partial charge in [-0.3, -0.25) is 14.4 Å². The van der Waals surface area contributed by atoms with Crippen LogP contribution in [-0.2, 0) is 21.4 Å². The van der Waals surface area contributed by atoms with Crippen LogP contribution in [0.1, 0.15) is 49.8 Å². The number of hydrogen-bond acceptors (Lipinski definition) is 5. The maximum Gasteiger partial charge on any atom is 0.258 e. The molecular weight excluding hydrogens is 508 g/mol. The fraction of sp³-hybridized carbons (Fsp3) is 0.323. The molecule has 2 aliphatic rings. The Morgan fingerprint density at radius 2 is 1.67 bits per heavy atom. The maximum absolute atomic E-state index is 13.3. The topological polar surface area (TPSA) is 90.5 Å². The highest BCUT2D eigenvalue weighted by atomic mass is 32.2. The zero-order chi connectivity index (χ0) is 27.4. The van der Waals surface area contributed by atoms with Gasteiger partial charge in [0, 0.05) is 29.2 Å². The minimum absolute atomic E-state index is 0.0354. The number of amides is 1. The van der Waals surface area contributed by atoms with Crippen molar-refractivity contribution >= 4 is 44.3 Å². The number of nitrogens with one attached hydrogen (secondary N) is 3. The number of benzene rings is 3. The van der Waals surface area contributed by atoms with E-state index in [4.69, 9.17) is 0 Å². The summed E-state index contributed by atoms with van der Waals surface area (Å²) in [5.74, 6) is 0.608. The third-order valence-corrected chi connectivity index (χ3v) is 8.82. The largest absolute Gasteiger partial charge is 0.354 e. The molecule has 2 heterocycles. The predicted molar refractivity (Wildman–Crippen MR) is 160 cm³/mol. The normalized spacial score (nSPS) is 17.4. The summed E-state index contributed by atoms with van der Waals surface area (Å²) in [5, 5.41) is 6.44. The molecule has 1 saturated heterocycles. The molecule has 0 spiro atoms. The van der Waals surface area contributed by atoms with Crippen molar-refractivity contribution in [3.8, 4) is 0 Å². The lowest BCUT2D eigenvalue weighted by atomic mass is 9.98. The lowest BCUT2D eigenvalue weighted by Gasteiger charge is -2.30. The number of fused-ring (bicyclic) bond motifs is 1. The van der Waals surface area contributed by atoms with E-state index in [0.717, 1.165) is 36.8 Å². The summed E-state index contributed by atoms with van der Waals surface area (Å²) in [7, 11) is -3.46. The molecule has 3 N–H and O–H groups in total. The van der Waals surface area contributed by atoms with Gasteiger partial charge in [0.15, 0.2) is 0 Å². The van der Waals surface area contributed by atoms with Gasteiger partial charge in [-0.1, -0.05) is 56.3 Å². The number of likely N-dealkylation sites (tertiary alicyclic amines) is 1. The van der Waals surface area contributed by atoms with Gasteiger partial charge in [0.25, 0.3) is 5.91 Å². The number of carbonyl (C=O) groups is 1. The van der Waals surface area contributed by atoms with Gasteiger partial charge in [-0.15, -0.1) is 0 Å². The first kappa shape index (κ1) is 27.0. The van der Waals surface area contributed by atoms with Gasteiger partial charge in [-0.2, -0.15) is 0 Å². The molecule has 1 amide bonds. The Kier molecular flexibility index (Phi) is 8.04. The minimum atomic E-state index is -3.46. The number of sulfonamides is 1. The number of carbonyl (C=O) groups excluding carboxylic acids is 1. The average molecular weight is 545 g/mol. The average Bonchev–Trinajstić information content (AvgIpc) is 3.24. The third kappa shape index (κ3) is 6.52. The Hall–Kier alpha value is -3.62. The minimum Gasteiger partial charge on any atom is -0.354 e. The van der Waals surface area contributed by atoms with E-state index in [1.54, 1.807) is 18.2 Å². The van der Waals surface area contributed by atoms with Crippen molar-refractivity contribution in [1.29, 1.82) is 0 Å². The van der Waals surface area contributed by atoms with Crippen molar-refractivity contribution in [1.82, 2.24) is 4.90 Å². The smallest absolute Gasteiger partial charge is 0.258 e. The Morgan fingerprint density at radius 3 is 2.36 bits per heavy atom. The molecule has 0 unspecified atom stereocenters. The van der Waals surface area contributed by atoms with Gasteiger partial charge in [0.2, 0.25) is 10.0 Å². The molecule has 3 aromatic carbocycles. The Labute approximate surface area is 231 Å². The van der Waals surface area contributed by atoms with Crippen molar-refractivity contribution < 1.29 is 13.2 Å². The SMILES string of the molecule is CCCS(=O)(=O)Nc1ccc2c(c1)C(=C(Nc1ccc(CN3CCC(C)CC3)cc1)c1ccccc1)C(=O)N2. The molecule has 0 radical (unpaired) electrons. The van der Waals surface area contributed by atoms with Crippen LogP contribution in [0.5, 0.6) is 0 Å². The van der Waals surface area contributed by atoms with Crippen LogP contribution in [0, 0.1) is 5.92 Å². The molecular formula is C31H36N4O3S. The maximum atomic E-state index is 13.3. The van der Waals surface area contributed by atoms with E-state index in [2.05, 4.69) is 51.4 Å². The molecule has 0 bridgehead atoms. The standard InChI is InChI=1S/C31H36N4O3S/c1-3-19-39(37,38)34-26-13-14-28-27(20-26)29(31(36)33-28)30(24-7-5-4-6-8-24)32-25-11-9-23(10-12-25)21-35-17-15-22(2)16-18-35/h4-14,20,22,32,34H,3,15-19,21H2,1-2H3,(H,33,36). The van der Waals surface area contributed by atoms with Crippen molar-refractivity contribution in [3.05, 3.63) is 89.5 Å². The van der Waals surface area contributed by atoms with Crippen molar-refractivity contribution in [2.24, 2.45) is 5.92 Å². The van der Waals surface area contributed by atoms with Gasteiger partial charge >= 0.3 is 0 Å². The van der Waals surface area contributed by atoms with E-state index in [-0.39, 0.29) is 11.7 Å². The Bertz CT molecular complexity index is 1460. The van der Waals surface area contributed by atoms with Crippen molar-refractivity contribution in [2.75, 3.05) is 34.2 Å². The third-order valence-electron chi connectivity index (χ3n) is 7.33. The summed E-state index contributed by atoms with van der Waals surface area (Å²) in [6.45, 7) is 7.36. The van der Waals surface area contributed by atoms with E-state index >= 15 is 0 Å². The molecule has 0 atom stereocenters. The van der Waals surface area contributed by atoms with E-state index in [1.807, 2.05) is 37.3 Å². The quantitative estimate of drug-likeness (QED) is 0.287. The van der Waals surface area contributed by atoms with E-state index < -0.39 is 10.0 Å². The fourth-order valence-corrected chi connectivity index (χ4v) is 6.30. The summed E-state index contributed by atoms with van der Waals surface area (Å²) in [5.41, 5.74) is 5.86. The van der Waals surface area contributed by atoms with Crippen LogP contribution in [0.25, 0.3) is 11.3 Å². The van der Waals surface area contributed by atoms with E-state index in [1.165, 1.54) is 18.4 Å². The first-order valence-corrected chi connectivity index (χ1v) is 15.3.